The van der Waals surface area contributed by atoms with Crippen LogP contribution in [0.15, 0.2) is 77.3 Å². The summed E-state index contributed by atoms with van der Waals surface area (Å²) in [5, 5.41) is 0. The zero-order valence-electron chi connectivity index (χ0n) is 22.2. The highest BCUT2D eigenvalue weighted by atomic mass is 79.9. The van der Waals surface area contributed by atoms with E-state index in [2.05, 4.69) is 15.9 Å². The van der Waals surface area contributed by atoms with Crippen molar-refractivity contribution in [3.63, 3.8) is 0 Å². The second-order valence-corrected chi connectivity index (χ2v) is 11.2. The fraction of sp³-hybridized carbons (Fsp3) is 0.310. The molecule has 0 N–H and O–H groups in total. The first-order chi connectivity index (χ1) is 17.3. The molecule has 0 aliphatic rings. The van der Waals surface area contributed by atoms with Gasteiger partial charge in [0.25, 0.3) is 0 Å². The first kappa shape index (κ1) is 28.1. The van der Waals surface area contributed by atoms with Crippen molar-refractivity contribution in [3.8, 4) is 5.75 Å². The van der Waals surface area contributed by atoms with Gasteiger partial charge in [0.1, 0.15) is 17.0 Å². The van der Waals surface area contributed by atoms with Gasteiger partial charge in [-0.2, -0.15) is 0 Å². The maximum absolute atomic E-state index is 13.2. The van der Waals surface area contributed by atoms with Gasteiger partial charge < -0.3 is 14.2 Å². The van der Waals surface area contributed by atoms with Gasteiger partial charge in [-0.25, -0.2) is 19.4 Å². The van der Waals surface area contributed by atoms with E-state index in [0.717, 1.165) is 4.47 Å². The number of ether oxygens (including phenoxy) is 3. The molecule has 3 aromatic carbocycles. The molecule has 3 rings (SSSR count). The Balaban J connectivity index is 2.03. The largest absolute Gasteiger partial charge is 0.497 e. The Hall–Kier alpha value is -3.52. The van der Waals surface area contributed by atoms with Gasteiger partial charge in [0.05, 0.1) is 29.9 Å². The first-order valence-corrected chi connectivity index (χ1v) is 12.6. The van der Waals surface area contributed by atoms with E-state index in [1.165, 1.54) is 9.80 Å². The van der Waals surface area contributed by atoms with Crippen molar-refractivity contribution in [3.05, 3.63) is 77.3 Å². The van der Waals surface area contributed by atoms with Crippen molar-refractivity contribution in [1.29, 1.82) is 0 Å². The standard InChI is InChI=1S/C29H33BrN2O5/c1-28(2,3)36-26(33)31(21-10-8-20(30)9-11-21)22-12-14-23(15-13-22)32(27(34)37-29(4,5)6)24-16-18-25(35-7)19-17-24/h8-19H,1-7H3. The van der Waals surface area contributed by atoms with Crippen molar-refractivity contribution in [1.82, 2.24) is 0 Å². The Bertz CT molecular complexity index is 1210. The molecule has 0 aliphatic heterocycles. The number of hydrogen-bond acceptors (Lipinski definition) is 5. The molecule has 0 saturated heterocycles. The Labute approximate surface area is 227 Å². The maximum atomic E-state index is 13.2. The molecule has 0 fully saturated rings. The number of benzene rings is 3. The topological polar surface area (TPSA) is 68.3 Å². The molecule has 7 nitrogen and oxygen atoms in total. The van der Waals surface area contributed by atoms with Gasteiger partial charge in [-0.15, -0.1) is 0 Å². The SMILES string of the molecule is COc1ccc(N(C(=O)OC(C)(C)C)c2ccc(N(C(=O)OC(C)(C)C)c3ccc(Br)cc3)cc2)cc1. The van der Waals surface area contributed by atoms with Gasteiger partial charge in [0, 0.05) is 4.47 Å². The van der Waals surface area contributed by atoms with E-state index >= 15 is 0 Å². The minimum Gasteiger partial charge on any atom is -0.497 e. The molecule has 0 radical (unpaired) electrons. The fourth-order valence-electron chi connectivity index (χ4n) is 3.41. The number of methoxy groups -OCH3 is 1. The van der Waals surface area contributed by atoms with Gasteiger partial charge in [-0.05, 0) is 114 Å². The van der Waals surface area contributed by atoms with Crippen LogP contribution in [0.4, 0.5) is 32.3 Å². The molecule has 0 aromatic heterocycles. The molecule has 8 heteroatoms. The average molecular weight is 569 g/mol. The minimum absolute atomic E-state index is 0.512. The lowest BCUT2D eigenvalue weighted by Gasteiger charge is -2.29. The summed E-state index contributed by atoms with van der Waals surface area (Å²) < 4.78 is 17.5. The van der Waals surface area contributed by atoms with E-state index in [1.807, 2.05) is 65.8 Å². The molecule has 37 heavy (non-hydrogen) atoms. The predicted octanol–water partition coefficient (Wildman–Crippen LogP) is 8.60. The number of rotatable bonds is 5. The summed E-state index contributed by atoms with van der Waals surface area (Å²) in [6.07, 6.45) is -1.04. The zero-order chi connectivity index (χ0) is 27.4. The van der Waals surface area contributed by atoms with Gasteiger partial charge in [-0.1, -0.05) is 15.9 Å². The van der Waals surface area contributed by atoms with Crippen LogP contribution < -0.4 is 14.5 Å². The number of nitrogens with zero attached hydrogens (tertiary/aromatic N) is 2. The number of carbonyl (C=O) groups is 2. The molecule has 3 aromatic rings. The Morgan fingerprint density at radius 2 is 0.892 bits per heavy atom. The number of amides is 2. The van der Waals surface area contributed by atoms with Gasteiger partial charge in [-0.3, -0.25) is 0 Å². The van der Waals surface area contributed by atoms with Crippen LogP contribution in [0.5, 0.6) is 5.75 Å². The van der Waals surface area contributed by atoms with E-state index in [-0.39, 0.29) is 0 Å². The maximum Gasteiger partial charge on any atom is 0.419 e. The average Bonchev–Trinajstić information content (AvgIpc) is 2.80. The summed E-state index contributed by atoms with van der Waals surface area (Å²) in [5.74, 6) is 0.672. The highest BCUT2D eigenvalue weighted by Crippen LogP contribution is 2.34. The monoisotopic (exact) mass is 568 g/mol. The zero-order valence-corrected chi connectivity index (χ0v) is 23.8. The fourth-order valence-corrected chi connectivity index (χ4v) is 3.67. The quantitative estimate of drug-likeness (QED) is 0.308. The number of halogens is 1. The smallest absolute Gasteiger partial charge is 0.419 e. The van der Waals surface area contributed by atoms with Crippen molar-refractivity contribution >= 4 is 50.9 Å². The molecule has 2 amide bonds. The molecule has 0 spiro atoms. The molecular formula is C29H33BrN2O5. The van der Waals surface area contributed by atoms with Gasteiger partial charge in [0.15, 0.2) is 0 Å². The third kappa shape index (κ3) is 7.73. The van der Waals surface area contributed by atoms with E-state index < -0.39 is 23.4 Å². The Morgan fingerprint density at radius 1 is 0.595 bits per heavy atom. The third-order valence-corrected chi connectivity index (χ3v) is 5.46. The van der Waals surface area contributed by atoms with Gasteiger partial charge >= 0.3 is 12.2 Å². The Kier molecular flexibility index (Phi) is 8.53. The summed E-state index contributed by atoms with van der Waals surface area (Å²) in [5.41, 5.74) is 1.05. The molecule has 0 aliphatic carbocycles. The number of hydrogen-bond donors (Lipinski definition) is 0. The highest BCUT2D eigenvalue weighted by Gasteiger charge is 2.27. The molecule has 0 heterocycles. The van der Waals surface area contributed by atoms with E-state index in [1.54, 1.807) is 55.6 Å². The molecule has 196 valence electrons. The molecule has 0 unspecified atom stereocenters. The predicted molar refractivity (Wildman–Crippen MR) is 150 cm³/mol. The number of anilines is 4. The second kappa shape index (κ2) is 11.3. The lowest BCUT2D eigenvalue weighted by Crippen LogP contribution is -2.34. The van der Waals surface area contributed by atoms with Crippen LogP contribution in [0, 0.1) is 0 Å². The lowest BCUT2D eigenvalue weighted by molar-refractivity contribution is 0.0587. The van der Waals surface area contributed by atoms with Crippen LogP contribution in [0.1, 0.15) is 41.5 Å². The summed E-state index contributed by atoms with van der Waals surface area (Å²) in [4.78, 5) is 29.4. The number of carbonyl (C=O) groups excluding carboxylic acids is 2. The van der Waals surface area contributed by atoms with Crippen LogP contribution in [0.2, 0.25) is 0 Å². The van der Waals surface area contributed by atoms with Crippen molar-refractivity contribution < 1.29 is 23.8 Å². The van der Waals surface area contributed by atoms with Crippen LogP contribution in [0.25, 0.3) is 0 Å². The van der Waals surface area contributed by atoms with Crippen molar-refractivity contribution in [2.45, 2.75) is 52.7 Å². The summed E-state index contributed by atoms with van der Waals surface area (Å²) in [6, 6.07) is 21.5. The molecular weight excluding hydrogens is 536 g/mol. The van der Waals surface area contributed by atoms with Crippen LogP contribution in [-0.4, -0.2) is 30.5 Å². The van der Waals surface area contributed by atoms with Crippen molar-refractivity contribution in [2.24, 2.45) is 0 Å². The lowest BCUT2D eigenvalue weighted by atomic mass is 10.2. The van der Waals surface area contributed by atoms with E-state index in [9.17, 15) is 9.59 Å². The summed E-state index contributed by atoms with van der Waals surface area (Å²) in [6.45, 7) is 10.9. The molecule has 0 atom stereocenters. The Morgan fingerprint density at radius 3 is 1.19 bits per heavy atom. The van der Waals surface area contributed by atoms with Crippen molar-refractivity contribution in [2.75, 3.05) is 16.9 Å². The molecule has 0 saturated carbocycles. The first-order valence-electron chi connectivity index (χ1n) is 11.8. The minimum atomic E-state index is -0.684. The third-order valence-electron chi connectivity index (χ3n) is 4.93. The van der Waals surface area contributed by atoms with E-state index in [4.69, 9.17) is 14.2 Å². The van der Waals surface area contributed by atoms with Gasteiger partial charge in [0.2, 0.25) is 0 Å². The highest BCUT2D eigenvalue weighted by molar-refractivity contribution is 9.10. The van der Waals surface area contributed by atoms with E-state index in [0.29, 0.717) is 28.5 Å². The summed E-state index contributed by atoms with van der Waals surface area (Å²) in [7, 11) is 1.58. The molecule has 0 bridgehead atoms. The summed E-state index contributed by atoms with van der Waals surface area (Å²) >= 11 is 3.44. The normalized spacial score (nSPS) is 11.5. The van der Waals surface area contributed by atoms with Crippen LogP contribution >= 0.6 is 15.9 Å². The second-order valence-electron chi connectivity index (χ2n) is 10.3. The van der Waals surface area contributed by atoms with Crippen LogP contribution in [0.3, 0.4) is 0 Å². The van der Waals surface area contributed by atoms with Crippen LogP contribution in [-0.2, 0) is 9.47 Å².